The molecule has 128 valence electrons. The van der Waals surface area contributed by atoms with Crippen LogP contribution in [0.5, 0.6) is 0 Å². The first-order valence-electron chi connectivity index (χ1n) is 8.17. The molecular formula is C18H33NO3. The normalized spacial score (nSPS) is 16.3. The van der Waals surface area contributed by atoms with Gasteiger partial charge in [0, 0.05) is 18.9 Å². The van der Waals surface area contributed by atoms with E-state index in [1.54, 1.807) is 0 Å². The highest BCUT2D eigenvalue weighted by atomic mass is 16.5. The number of carbonyl (C=O) groups excluding carboxylic acids is 2. The first-order chi connectivity index (χ1) is 10.1. The van der Waals surface area contributed by atoms with Crippen LogP contribution in [0.25, 0.3) is 0 Å². The van der Waals surface area contributed by atoms with Gasteiger partial charge in [-0.2, -0.15) is 0 Å². The van der Waals surface area contributed by atoms with Crippen molar-refractivity contribution in [1.29, 1.82) is 0 Å². The molecule has 22 heavy (non-hydrogen) atoms. The van der Waals surface area contributed by atoms with Crippen LogP contribution in [-0.2, 0) is 14.3 Å². The second-order valence-electron chi connectivity index (χ2n) is 6.62. The van der Waals surface area contributed by atoms with Crippen molar-refractivity contribution >= 4 is 11.8 Å². The van der Waals surface area contributed by atoms with E-state index in [1.807, 2.05) is 65.6 Å². The average molecular weight is 311 g/mol. The minimum atomic E-state index is -0.434. The number of allylic oxidation sites excluding steroid dienone is 2. The Morgan fingerprint density at radius 3 is 2.05 bits per heavy atom. The first kappa shape index (κ1) is 20.8. The van der Waals surface area contributed by atoms with Crippen LogP contribution < -0.4 is 0 Å². The number of esters is 1. The molecule has 0 aliphatic heterocycles. The number of carbonyl (C=O) groups is 2. The van der Waals surface area contributed by atoms with Gasteiger partial charge in [0.1, 0.15) is 12.1 Å². The average Bonchev–Trinajstić information content (AvgIpc) is 2.42. The molecule has 0 radical (unpaired) electrons. The van der Waals surface area contributed by atoms with Gasteiger partial charge in [-0.15, -0.1) is 0 Å². The standard InChI is InChI=1S/C18H33NO3/c1-9-10-11-14(6)18(22-15(7)20)16(17(21)12(2)3)19(8)13(4)5/h9-10,12-14,16,18H,11H2,1-8H3/b10-9+/t14-,16?,18+/m1/s1. The zero-order valence-electron chi connectivity index (χ0n) is 15.4. The molecule has 0 spiro atoms. The summed E-state index contributed by atoms with van der Waals surface area (Å²) in [4.78, 5) is 26.3. The lowest BCUT2D eigenvalue weighted by Crippen LogP contribution is -2.54. The molecule has 0 aliphatic carbocycles. The quantitative estimate of drug-likeness (QED) is 0.483. The Kier molecular flexibility index (Phi) is 9.26. The molecule has 0 saturated heterocycles. The molecule has 1 unspecified atom stereocenters. The summed E-state index contributed by atoms with van der Waals surface area (Å²) in [5.41, 5.74) is 0. The molecule has 0 N–H and O–H groups in total. The highest BCUT2D eigenvalue weighted by Gasteiger charge is 2.38. The van der Waals surface area contributed by atoms with E-state index < -0.39 is 12.1 Å². The highest BCUT2D eigenvalue weighted by molar-refractivity contribution is 5.86. The van der Waals surface area contributed by atoms with Gasteiger partial charge in [-0.25, -0.2) is 0 Å². The van der Waals surface area contributed by atoms with E-state index in [0.29, 0.717) is 0 Å². The molecule has 0 aromatic carbocycles. The van der Waals surface area contributed by atoms with Crippen LogP contribution in [0.1, 0.15) is 54.9 Å². The van der Waals surface area contributed by atoms with Crippen molar-refractivity contribution in [3.63, 3.8) is 0 Å². The number of hydrogen-bond acceptors (Lipinski definition) is 4. The van der Waals surface area contributed by atoms with Crippen LogP contribution in [-0.4, -0.2) is 41.9 Å². The minimum absolute atomic E-state index is 0.0778. The number of rotatable bonds is 9. The fourth-order valence-electron chi connectivity index (χ4n) is 2.43. The molecule has 0 aromatic rings. The summed E-state index contributed by atoms with van der Waals surface area (Å²) >= 11 is 0. The predicted molar refractivity (Wildman–Crippen MR) is 90.7 cm³/mol. The smallest absolute Gasteiger partial charge is 0.302 e. The highest BCUT2D eigenvalue weighted by Crippen LogP contribution is 2.24. The lowest BCUT2D eigenvalue weighted by atomic mass is 9.87. The van der Waals surface area contributed by atoms with E-state index >= 15 is 0 Å². The van der Waals surface area contributed by atoms with Gasteiger partial charge >= 0.3 is 5.97 Å². The van der Waals surface area contributed by atoms with Gasteiger partial charge < -0.3 is 4.74 Å². The minimum Gasteiger partial charge on any atom is -0.460 e. The molecule has 4 heteroatoms. The van der Waals surface area contributed by atoms with Crippen LogP contribution in [0, 0.1) is 11.8 Å². The second-order valence-corrected chi connectivity index (χ2v) is 6.62. The topological polar surface area (TPSA) is 46.6 Å². The van der Waals surface area contributed by atoms with Crippen molar-refractivity contribution < 1.29 is 14.3 Å². The third-order valence-electron chi connectivity index (χ3n) is 4.03. The fourth-order valence-corrected chi connectivity index (χ4v) is 2.43. The number of hydrogen-bond donors (Lipinski definition) is 0. The van der Waals surface area contributed by atoms with Gasteiger partial charge in [0.05, 0.1) is 0 Å². The van der Waals surface area contributed by atoms with E-state index in [2.05, 4.69) is 0 Å². The first-order valence-corrected chi connectivity index (χ1v) is 8.17. The maximum atomic E-state index is 12.7. The Bertz CT molecular complexity index is 388. The molecule has 0 aliphatic rings. The lowest BCUT2D eigenvalue weighted by Gasteiger charge is -2.38. The molecule has 0 rings (SSSR count). The number of Topliss-reactive ketones (excluding diaryl/α,β-unsaturated/α-hetero) is 1. The Hall–Kier alpha value is -1.16. The Morgan fingerprint density at radius 2 is 1.68 bits per heavy atom. The zero-order chi connectivity index (χ0) is 17.4. The number of ketones is 1. The number of ether oxygens (including phenoxy) is 1. The third-order valence-corrected chi connectivity index (χ3v) is 4.03. The van der Waals surface area contributed by atoms with Gasteiger partial charge in [-0.1, -0.05) is 32.9 Å². The molecule has 0 heterocycles. The van der Waals surface area contributed by atoms with Gasteiger partial charge in [0.15, 0.2) is 5.78 Å². The maximum Gasteiger partial charge on any atom is 0.302 e. The molecule has 0 aromatic heterocycles. The Balaban J connectivity index is 5.60. The van der Waals surface area contributed by atoms with Gasteiger partial charge in [0.25, 0.3) is 0 Å². The van der Waals surface area contributed by atoms with Crippen LogP contribution in [0.15, 0.2) is 12.2 Å². The summed E-state index contributed by atoms with van der Waals surface area (Å²) in [6.45, 7) is 13.3. The summed E-state index contributed by atoms with van der Waals surface area (Å²) in [5.74, 6) is -0.238. The fraction of sp³-hybridized carbons (Fsp3) is 0.778. The summed E-state index contributed by atoms with van der Waals surface area (Å²) in [6, 6.07) is -0.219. The third kappa shape index (κ3) is 6.30. The summed E-state index contributed by atoms with van der Waals surface area (Å²) in [5, 5.41) is 0. The van der Waals surface area contributed by atoms with E-state index in [-0.39, 0.29) is 29.6 Å². The van der Waals surface area contributed by atoms with E-state index in [0.717, 1.165) is 6.42 Å². The van der Waals surface area contributed by atoms with Crippen molar-refractivity contribution in [3.05, 3.63) is 12.2 Å². The Labute approximate surface area is 135 Å². The van der Waals surface area contributed by atoms with Crippen molar-refractivity contribution in [2.45, 2.75) is 73.1 Å². The summed E-state index contributed by atoms with van der Waals surface area (Å²) in [7, 11) is 1.93. The molecular weight excluding hydrogens is 278 g/mol. The lowest BCUT2D eigenvalue weighted by molar-refractivity contribution is -0.157. The SMILES string of the molecule is C/C=C/C[C@@H](C)[C@H](OC(C)=O)C(C(=O)C(C)C)N(C)C(C)C. The van der Waals surface area contributed by atoms with Crippen molar-refractivity contribution in [1.82, 2.24) is 4.90 Å². The zero-order valence-corrected chi connectivity index (χ0v) is 15.4. The number of nitrogens with zero attached hydrogens (tertiary/aromatic N) is 1. The van der Waals surface area contributed by atoms with Gasteiger partial charge in [-0.05, 0) is 40.2 Å². The van der Waals surface area contributed by atoms with Crippen LogP contribution in [0.2, 0.25) is 0 Å². The maximum absolute atomic E-state index is 12.7. The van der Waals surface area contributed by atoms with Crippen LogP contribution >= 0.6 is 0 Å². The van der Waals surface area contributed by atoms with Gasteiger partial charge in [-0.3, -0.25) is 14.5 Å². The van der Waals surface area contributed by atoms with Crippen LogP contribution in [0.4, 0.5) is 0 Å². The molecule has 0 bridgehead atoms. The second kappa shape index (κ2) is 9.78. The molecule has 0 saturated carbocycles. The largest absolute Gasteiger partial charge is 0.460 e. The van der Waals surface area contributed by atoms with Crippen LogP contribution in [0.3, 0.4) is 0 Å². The summed E-state index contributed by atoms with van der Waals surface area (Å²) < 4.78 is 5.58. The molecule has 0 amide bonds. The van der Waals surface area contributed by atoms with Crippen molar-refractivity contribution in [2.75, 3.05) is 7.05 Å². The number of likely N-dealkylation sites (N-methyl/N-ethyl adjacent to an activating group) is 1. The van der Waals surface area contributed by atoms with E-state index in [4.69, 9.17) is 4.74 Å². The predicted octanol–water partition coefficient (Wildman–Crippen LogP) is 3.45. The molecule has 0 fully saturated rings. The monoisotopic (exact) mass is 311 g/mol. The van der Waals surface area contributed by atoms with E-state index in [9.17, 15) is 9.59 Å². The van der Waals surface area contributed by atoms with Crippen molar-refractivity contribution in [3.8, 4) is 0 Å². The van der Waals surface area contributed by atoms with Gasteiger partial charge in [0.2, 0.25) is 0 Å². The Morgan fingerprint density at radius 1 is 1.14 bits per heavy atom. The summed E-state index contributed by atoms with van der Waals surface area (Å²) in [6.07, 6.45) is 4.37. The van der Waals surface area contributed by atoms with E-state index in [1.165, 1.54) is 6.92 Å². The van der Waals surface area contributed by atoms with Crippen molar-refractivity contribution in [2.24, 2.45) is 11.8 Å². The molecule has 4 nitrogen and oxygen atoms in total. The molecule has 3 atom stereocenters.